The molecule has 0 radical (unpaired) electrons. The first-order chi connectivity index (χ1) is 10.9. The number of benzene rings is 2. The zero-order valence-corrected chi connectivity index (χ0v) is 11.6. The van der Waals surface area contributed by atoms with E-state index in [0.29, 0.717) is 5.56 Å². The fourth-order valence-electron chi connectivity index (χ4n) is 1.74. The maximum atomic E-state index is 12.0. The van der Waals surface area contributed by atoms with Crippen LogP contribution >= 0.6 is 0 Å². The van der Waals surface area contributed by atoms with Crippen LogP contribution in [0, 0.1) is 25.6 Å². The van der Waals surface area contributed by atoms with Crippen LogP contribution in [0.1, 0.15) is 15.9 Å². The van der Waals surface area contributed by atoms with Crippen LogP contribution in [0.4, 0.5) is 11.4 Å². The number of hydrogen-bond donors (Lipinski definition) is 2. The van der Waals surface area contributed by atoms with E-state index in [4.69, 9.17) is 5.41 Å². The number of nitrogens with one attached hydrogen (secondary N) is 2. The van der Waals surface area contributed by atoms with Crippen molar-refractivity contribution in [2.24, 2.45) is 0 Å². The Balaban J connectivity index is 2.08. The highest BCUT2D eigenvalue weighted by Crippen LogP contribution is 2.13. The fourth-order valence-corrected chi connectivity index (χ4v) is 1.74. The molecular weight excluding hydrogens is 304 g/mol. The molecule has 23 heavy (non-hydrogen) atoms. The van der Waals surface area contributed by atoms with E-state index in [1.807, 2.05) is 0 Å². The summed E-state index contributed by atoms with van der Waals surface area (Å²) in [4.78, 5) is 31.9. The third-order valence-corrected chi connectivity index (χ3v) is 2.95. The van der Waals surface area contributed by atoms with Gasteiger partial charge in [0.1, 0.15) is 5.84 Å². The number of carbonyl (C=O) groups is 1. The molecular formula is C14H10N4O5. The molecule has 116 valence electrons. The van der Waals surface area contributed by atoms with Crippen molar-refractivity contribution in [2.45, 2.75) is 0 Å². The van der Waals surface area contributed by atoms with Gasteiger partial charge in [-0.05, 0) is 24.3 Å². The minimum absolute atomic E-state index is 0.122. The Bertz CT molecular complexity index is 716. The average Bonchev–Trinajstić information content (AvgIpc) is 2.54. The standard InChI is InChI=1S/C14H10N4O5/c15-13(9-1-5-11(6-2-9)17(20)21)16-14(19)10-3-7-12(8-4-10)18(22)23/h1-8H,(H2,15,16,19). The minimum atomic E-state index is -0.608. The molecule has 0 fully saturated rings. The number of nitro groups is 2. The van der Waals surface area contributed by atoms with E-state index >= 15 is 0 Å². The number of amidine groups is 1. The highest BCUT2D eigenvalue weighted by molar-refractivity contribution is 6.11. The average molecular weight is 314 g/mol. The lowest BCUT2D eigenvalue weighted by Gasteiger charge is -2.06. The zero-order valence-electron chi connectivity index (χ0n) is 11.6. The van der Waals surface area contributed by atoms with E-state index in [2.05, 4.69) is 5.32 Å². The molecule has 0 saturated carbocycles. The van der Waals surface area contributed by atoms with Crippen LogP contribution in [-0.4, -0.2) is 21.6 Å². The van der Waals surface area contributed by atoms with E-state index < -0.39 is 15.8 Å². The van der Waals surface area contributed by atoms with Gasteiger partial charge in [0.25, 0.3) is 17.3 Å². The van der Waals surface area contributed by atoms with E-state index in [0.717, 1.165) is 0 Å². The normalized spacial score (nSPS) is 9.91. The van der Waals surface area contributed by atoms with E-state index in [1.54, 1.807) is 0 Å². The van der Waals surface area contributed by atoms with Gasteiger partial charge >= 0.3 is 0 Å². The van der Waals surface area contributed by atoms with Gasteiger partial charge in [-0.15, -0.1) is 0 Å². The number of non-ortho nitro benzene ring substituents is 2. The summed E-state index contributed by atoms with van der Waals surface area (Å²) in [6.45, 7) is 0. The van der Waals surface area contributed by atoms with Crippen molar-refractivity contribution in [3.05, 3.63) is 79.9 Å². The summed E-state index contributed by atoms with van der Waals surface area (Å²) < 4.78 is 0. The number of amides is 1. The molecule has 9 heteroatoms. The lowest BCUT2D eigenvalue weighted by molar-refractivity contribution is -0.385. The van der Waals surface area contributed by atoms with Crippen molar-refractivity contribution in [1.29, 1.82) is 5.41 Å². The second kappa shape index (κ2) is 6.43. The number of carbonyl (C=O) groups excluding carboxylic acids is 1. The van der Waals surface area contributed by atoms with Gasteiger partial charge in [0.05, 0.1) is 9.85 Å². The van der Waals surface area contributed by atoms with Gasteiger partial charge < -0.3 is 5.32 Å². The van der Waals surface area contributed by atoms with Crippen LogP contribution in [0.2, 0.25) is 0 Å². The lowest BCUT2D eigenvalue weighted by atomic mass is 10.1. The van der Waals surface area contributed by atoms with E-state index in [9.17, 15) is 25.0 Å². The molecule has 2 aromatic carbocycles. The predicted molar refractivity (Wildman–Crippen MR) is 80.5 cm³/mol. The molecule has 0 unspecified atom stereocenters. The molecule has 0 aliphatic heterocycles. The summed E-state index contributed by atoms with van der Waals surface area (Å²) >= 11 is 0. The fraction of sp³-hybridized carbons (Fsp3) is 0. The molecule has 1 amide bonds. The van der Waals surface area contributed by atoms with Crippen LogP contribution in [0.5, 0.6) is 0 Å². The first-order valence-corrected chi connectivity index (χ1v) is 6.27. The summed E-state index contributed by atoms with van der Waals surface area (Å²) in [7, 11) is 0. The Morgan fingerprint density at radius 1 is 0.826 bits per heavy atom. The second-order valence-electron chi connectivity index (χ2n) is 4.44. The summed E-state index contributed by atoms with van der Waals surface area (Å²) in [5, 5.41) is 31.2. The molecule has 2 rings (SSSR count). The topological polar surface area (TPSA) is 139 Å². The molecule has 0 spiro atoms. The monoisotopic (exact) mass is 314 g/mol. The Labute approximate surface area is 129 Å². The van der Waals surface area contributed by atoms with Crippen LogP contribution in [0.25, 0.3) is 0 Å². The van der Waals surface area contributed by atoms with Gasteiger partial charge in [0.15, 0.2) is 0 Å². The molecule has 0 aliphatic rings. The largest absolute Gasteiger partial charge is 0.307 e. The van der Waals surface area contributed by atoms with E-state index in [-0.39, 0.29) is 22.8 Å². The number of nitrogens with zero attached hydrogens (tertiary/aromatic N) is 2. The molecule has 0 aliphatic carbocycles. The smallest absolute Gasteiger partial charge is 0.269 e. The number of hydrogen-bond acceptors (Lipinski definition) is 6. The van der Waals surface area contributed by atoms with Crippen molar-refractivity contribution >= 4 is 23.1 Å². The SMILES string of the molecule is N=C(NC(=O)c1ccc([N+](=O)[O-])cc1)c1ccc([N+](=O)[O-])cc1. The van der Waals surface area contributed by atoms with Crippen LogP contribution in [0.15, 0.2) is 48.5 Å². The summed E-state index contributed by atoms with van der Waals surface area (Å²) in [6, 6.07) is 10.1. The maximum Gasteiger partial charge on any atom is 0.269 e. The zero-order chi connectivity index (χ0) is 17.0. The maximum absolute atomic E-state index is 12.0. The van der Waals surface area contributed by atoms with Crippen molar-refractivity contribution in [1.82, 2.24) is 5.32 Å². The third kappa shape index (κ3) is 3.73. The highest BCUT2D eigenvalue weighted by atomic mass is 16.6. The van der Waals surface area contributed by atoms with Crippen molar-refractivity contribution in [3.8, 4) is 0 Å². The van der Waals surface area contributed by atoms with Crippen molar-refractivity contribution in [2.75, 3.05) is 0 Å². The van der Waals surface area contributed by atoms with Gasteiger partial charge in [-0.1, -0.05) is 0 Å². The van der Waals surface area contributed by atoms with E-state index in [1.165, 1.54) is 48.5 Å². The third-order valence-electron chi connectivity index (χ3n) is 2.95. The second-order valence-corrected chi connectivity index (χ2v) is 4.44. The quantitative estimate of drug-likeness (QED) is 0.385. The Morgan fingerprint density at radius 2 is 1.22 bits per heavy atom. The van der Waals surface area contributed by atoms with Gasteiger partial charge in [-0.2, -0.15) is 0 Å². The van der Waals surface area contributed by atoms with Crippen LogP contribution in [0.3, 0.4) is 0 Å². The molecule has 2 aromatic rings. The molecule has 2 N–H and O–H groups in total. The minimum Gasteiger partial charge on any atom is -0.307 e. The first kappa shape index (κ1) is 15.8. The Kier molecular flexibility index (Phi) is 4.41. The summed E-state index contributed by atoms with van der Waals surface area (Å²) in [5.41, 5.74) is 0.184. The highest BCUT2D eigenvalue weighted by Gasteiger charge is 2.13. The molecule has 9 nitrogen and oxygen atoms in total. The number of rotatable bonds is 4. The van der Waals surface area contributed by atoms with Gasteiger partial charge in [0.2, 0.25) is 0 Å². The predicted octanol–water partition coefficient (Wildman–Crippen LogP) is 2.26. The summed E-state index contributed by atoms with van der Waals surface area (Å²) in [6.07, 6.45) is 0. The van der Waals surface area contributed by atoms with Gasteiger partial charge in [-0.3, -0.25) is 30.4 Å². The molecule has 0 saturated heterocycles. The van der Waals surface area contributed by atoms with Gasteiger partial charge in [-0.25, -0.2) is 0 Å². The molecule has 0 bridgehead atoms. The Morgan fingerprint density at radius 3 is 1.61 bits per heavy atom. The summed E-state index contributed by atoms with van der Waals surface area (Å²) in [5.74, 6) is -0.841. The lowest BCUT2D eigenvalue weighted by Crippen LogP contribution is -2.30. The molecule has 0 atom stereocenters. The number of nitro benzene ring substituents is 2. The first-order valence-electron chi connectivity index (χ1n) is 6.27. The Hall–Kier alpha value is -3.62. The van der Waals surface area contributed by atoms with Crippen molar-refractivity contribution in [3.63, 3.8) is 0 Å². The molecule has 0 heterocycles. The van der Waals surface area contributed by atoms with Gasteiger partial charge in [0, 0.05) is 35.4 Å². The molecule has 0 aromatic heterocycles. The van der Waals surface area contributed by atoms with Crippen molar-refractivity contribution < 1.29 is 14.6 Å². The van der Waals surface area contributed by atoms with Crippen LogP contribution in [-0.2, 0) is 0 Å². The van der Waals surface area contributed by atoms with Crippen LogP contribution < -0.4 is 5.32 Å².